The summed E-state index contributed by atoms with van der Waals surface area (Å²) >= 11 is 1.61. The normalized spacial score (nSPS) is 10.6. The topological polar surface area (TPSA) is 61.6 Å². The van der Waals surface area contributed by atoms with Gasteiger partial charge < -0.3 is 5.32 Å². The summed E-state index contributed by atoms with van der Waals surface area (Å²) in [6.45, 7) is 5.17. The third-order valence-electron chi connectivity index (χ3n) is 2.62. The van der Waals surface area contributed by atoms with Crippen LogP contribution in [0.3, 0.4) is 0 Å². The number of hydrogen-bond acceptors (Lipinski definition) is 5. The molecule has 1 aromatic heterocycles. The zero-order chi connectivity index (χ0) is 13.7. The van der Waals surface area contributed by atoms with Crippen molar-refractivity contribution in [3.63, 3.8) is 0 Å². The maximum atomic E-state index is 8.76. The predicted molar refractivity (Wildman–Crippen MR) is 76.9 cm³/mol. The van der Waals surface area contributed by atoms with E-state index >= 15 is 0 Å². The summed E-state index contributed by atoms with van der Waals surface area (Å²) in [5, 5.41) is 22.5. The van der Waals surface area contributed by atoms with Gasteiger partial charge in [0.25, 0.3) is 0 Å². The van der Waals surface area contributed by atoms with Gasteiger partial charge in [0, 0.05) is 24.6 Å². The molecule has 0 unspecified atom stereocenters. The molecule has 0 aliphatic carbocycles. The fourth-order valence-electron chi connectivity index (χ4n) is 1.63. The molecule has 4 nitrogen and oxygen atoms in total. The lowest BCUT2D eigenvalue weighted by Crippen LogP contribution is -2.24. The Hall–Kier alpha value is -1.77. The Morgan fingerprint density at radius 2 is 2.00 bits per heavy atom. The van der Waals surface area contributed by atoms with E-state index in [1.54, 1.807) is 23.5 Å². The van der Waals surface area contributed by atoms with Crippen LogP contribution in [0.15, 0.2) is 24.3 Å². The molecule has 19 heavy (non-hydrogen) atoms. The molecule has 2 rings (SSSR count). The molecule has 0 aliphatic heterocycles. The highest BCUT2D eigenvalue weighted by atomic mass is 32.1. The molecule has 1 heterocycles. The molecular formula is C14H16N4S. The minimum atomic E-state index is 0.492. The van der Waals surface area contributed by atoms with Crippen LogP contribution < -0.4 is 5.32 Å². The smallest absolute Gasteiger partial charge is 0.147 e. The molecule has 0 fully saturated rings. The number of aromatic nitrogens is 2. The maximum absolute atomic E-state index is 8.76. The SMILES string of the molecule is CC(C)NCCc1nnc(-c2ccc(C#N)cc2)s1. The highest BCUT2D eigenvalue weighted by Gasteiger charge is 2.06. The molecule has 1 aromatic carbocycles. The molecule has 0 amide bonds. The molecule has 0 aliphatic rings. The second kappa shape index (κ2) is 6.41. The van der Waals surface area contributed by atoms with E-state index in [0.717, 1.165) is 28.5 Å². The Kier molecular flexibility index (Phi) is 4.61. The second-order valence-corrected chi connectivity index (χ2v) is 5.61. The van der Waals surface area contributed by atoms with Crippen LogP contribution in [0.5, 0.6) is 0 Å². The van der Waals surface area contributed by atoms with Gasteiger partial charge in [-0.05, 0) is 12.1 Å². The van der Waals surface area contributed by atoms with E-state index in [4.69, 9.17) is 5.26 Å². The molecule has 0 bridgehead atoms. The van der Waals surface area contributed by atoms with Gasteiger partial charge in [-0.25, -0.2) is 0 Å². The van der Waals surface area contributed by atoms with E-state index in [1.165, 1.54) is 0 Å². The van der Waals surface area contributed by atoms with Crippen molar-refractivity contribution in [2.75, 3.05) is 6.54 Å². The lowest BCUT2D eigenvalue weighted by atomic mass is 10.2. The molecule has 0 saturated carbocycles. The number of benzene rings is 1. The number of rotatable bonds is 5. The quantitative estimate of drug-likeness (QED) is 0.909. The van der Waals surface area contributed by atoms with Crippen molar-refractivity contribution in [1.82, 2.24) is 15.5 Å². The van der Waals surface area contributed by atoms with Crippen molar-refractivity contribution in [3.05, 3.63) is 34.8 Å². The van der Waals surface area contributed by atoms with Gasteiger partial charge in [-0.1, -0.05) is 37.3 Å². The van der Waals surface area contributed by atoms with Crippen molar-refractivity contribution in [1.29, 1.82) is 5.26 Å². The first-order valence-corrected chi connectivity index (χ1v) is 7.07. The number of hydrogen-bond donors (Lipinski definition) is 1. The third kappa shape index (κ3) is 3.85. The van der Waals surface area contributed by atoms with Crippen LogP contribution in [0.4, 0.5) is 0 Å². The largest absolute Gasteiger partial charge is 0.314 e. The predicted octanol–water partition coefficient (Wildman–Crippen LogP) is 2.62. The van der Waals surface area contributed by atoms with Crippen LogP contribution in [0.1, 0.15) is 24.4 Å². The highest BCUT2D eigenvalue weighted by molar-refractivity contribution is 7.14. The fraction of sp³-hybridized carbons (Fsp3) is 0.357. The maximum Gasteiger partial charge on any atom is 0.147 e. The zero-order valence-electron chi connectivity index (χ0n) is 11.1. The van der Waals surface area contributed by atoms with Gasteiger partial charge in [-0.2, -0.15) is 5.26 Å². The zero-order valence-corrected chi connectivity index (χ0v) is 11.9. The van der Waals surface area contributed by atoms with Gasteiger partial charge in [0.1, 0.15) is 10.0 Å². The Morgan fingerprint density at radius 3 is 2.63 bits per heavy atom. The average molecular weight is 272 g/mol. The van der Waals surface area contributed by atoms with Crippen LogP contribution in [-0.4, -0.2) is 22.8 Å². The summed E-state index contributed by atoms with van der Waals surface area (Å²) in [4.78, 5) is 0. The standard InChI is InChI=1S/C14H16N4S/c1-10(2)16-8-7-13-17-18-14(19-13)12-5-3-11(9-15)4-6-12/h3-6,10,16H,7-8H2,1-2H3. The van der Waals surface area contributed by atoms with E-state index in [2.05, 4.69) is 35.4 Å². The van der Waals surface area contributed by atoms with Crippen LogP contribution >= 0.6 is 11.3 Å². The lowest BCUT2D eigenvalue weighted by molar-refractivity contribution is 0.588. The van der Waals surface area contributed by atoms with Crippen molar-refractivity contribution < 1.29 is 0 Å². The van der Waals surface area contributed by atoms with E-state index in [9.17, 15) is 0 Å². The number of nitrogens with zero attached hydrogens (tertiary/aromatic N) is 3. The molecule has 0 saturated heterocycles. The Labute approximate surface area is 117 Å². The minimum absolute atomic E-state index is 0.492. The van der Waals surface area contributed by atoms with E-state index in [1.807, 2.05) is 12.1 Å². The van der Waals surface area contributed by atoms with Crippen LogP contribution in [0.2, 0.25) is 0 Å². The first kappa shape index (κ1) is 13.7. The summed E-state index contributed by atoms with van der Waals surface area (Å²) in [6, 6.07) is 10.0. The van der Waals surface area contributed by atoms with Crippen molar-refractivity contribution in [3.8, 4) is 16.6 Å². The molecular weight excluding hydrogens is 256 g/mol. The first-order valence-electron chi connectivity index (χ1n) is 6.25. The van der Waals surface area contributed by atoms with Gasteiger partial charge in [0.05, 0.1) is 11.6 Å². The molecule has 0 spiro atoms. The van der Waals surface area contributed by atoms with Crippen LogP contribution in [0, 0.1) is 11.3 Å². The van der Waals surface area contributed by atoms with Crippen LogP contribution in [0.25, 0.3) is 10.6 Å². The Balaban J connectivity index is 2.01. The van der Waals surface area contributed by atoms with E-state index in [-0.39, 0.29) is 0 Å². The fourth-order valence-corrected chi connectivity index (χ4v) is 2.47. The van der Waals surface area contributed by atoms with Crippen molar-refractivity contribution in [2.24, 2.45) is 0 Å². The summed E-state index contributed by atoms with van der Waals surface area (Å²) in [5.41, 5.74) is 1.68. The van der Waals surface area contributed by atoms with Gasteiger partial charge in [0.15, 0.2) is 0 Å². The summed E-state index contributed by atoms with van der Waals surface area (Å²) in [5.74, 6) is 0. The number of nitriles is 1. The molecule has 0 radical (unpaired) electrons. The molecule has 1 N–H and O–H groups in total. The van der Waals surface area contributed by atoms with E-state index < -0.39 is 0 Å². The Morgan fingerprint density at radius 1 is 1.26 bits per heavy atom. The average Bonchev–Trinajstić information content (AvgIpc) is 2.87. The molecule has 0 atom stereocenters. The first-order chi connectivity index (χ1) is 9.19. The molecule has 98 valence electrons. The summed E-state index contributed by atoms with van der Waals surface area (Å²) in [6.07, 6.45) is 0.895. The summed E-state index contributed by atoms with van der Waals surface area (Å²) in [7, 11) is 0. The van der Waals surface area contributed by atoms with E-state index in [0.29, 0.717) is 11.6 Å². The Bertz CT molecular complexity index is 566. The lowest BCUT2D eigenvalue weighted by Gasteiger charge is -2.05. The molecule has 2 aromatic rings. The van der Waals surface area contributed by atoms with Gasteiger partial charge in [-0.15, -0.1) is 10.2 Å². The van der Waals surface area contributed by atoms with Gasteiger partial charge >= 0.3 is 0 Å². The van der Waals surface area contributed by atoms with Crippen LogP contribution in [-0.2, 0) is 6.42 Å². The van der Waals surface area contributed by atoms with Crippen molar-refractivity contribution >= 4 is 11.3 Å². The minimum Gasteiger partial charge on any atom is -0.314 e. The van der Waals surface area contributed by atoms with Crippen molar-refractivity contribution in [2.45, 2.75) is 26.3 Å². The van der Waals surface area contributed by atoms with Gasteiger partial charge in [-0.3, -0.25) is 0 Å². The second-order valence-electron chi connectivity index (χ2n) is 4.55. The summed E-state index contributed by atoms with van der Waals surface area (Å²) < 4.78 is 0. The third-order valence-corrected chi connectivity index (χ3v) is 3.65. The highest BCUT2D eigenvalue weighted by Crippen LogP contribution is 2.23. The van der Waals surface area contributed by atoms with Gasteiger partial charge in [0.2, 0.25) is 0 Å². The molecule has 5 heteroatoms. The number of nitrogens with one attached hydrogen (secondary N) is 1. The monoisotopic (exact) mass is 272 g/mol.